The third-order valence-electron chi connectivity index (χ3n) is 2.48. The number of non-ortho nitro benzene ring substituents is 1. The lowest BCUT2D eigenvalue weighted by molar-refractivity contribution is -0.384. The Morgan fingerprint density at radius 3 is 2.75 bits per heavy atom. The molecule has 3 N–H and O–H groups in total. The molecule has 0 amide bonds. The molecule has 0 bridgehead atoms. The topological polar surface area (TPSA) is 96.7 Å². The van der Waals surface area contributed by atoms with Crippen molar-refractivity contribution in [1.29, 1.82) is 0 Å². The summed E-state index contributed by atoms with van der Waals surface area (Å²) in [4.78, 5) is 10.4. The van der Waals surface area contributed by atoms with Gasteiger partial charge in [-0.15, -0.1) is 0 Å². The summed E-state index contributed by atoms with van der Waals surface area (Å²) < 4.78 is 5.30. The predicted octanol–water partition coefficient (Wildman–Crippen LogP) is 1.38. The fourth-order valence-corrected chi connectivity index (χ4v) is 1.65. The Morgan fingerprint density at radius 2 is 2.15 bits per heavy atom. The van der Waals surface area contributed by atoms with Crippen LogP contribution in [0.2, 0.25) is 0 Å². The molecule has 0 saturated carbocycles. The first-order valence-electron chi connectivity index (χ1n) is 6.58. The first-order valence-corrected chi connectivity index (χ1v) is 6.58. The first kappa shape index (κ1) is 16.2. The van der Waals surface area contributed by atoms with E-state index in [9.17, 15) is 10.1 Å². The molecule has 1 rings (SSSR count). The van der Waals surface area contributed by atoms with Gasteiger partial charge in [0.15, 0.2) is 0 Å². The fourth-order valence-electron chi connectivity index (χ4n) is 1.65. The van der Waals surface area contributed by atoms with Crippen molar-refractivity contribution in [3.05, 3.63) is 28.3 Å². The molecule has 0 radical (unpaired) electrons. The van der Waals surface area contributed by atoms with Gasteiger partial charge in [0.1, 0.15) is 5.75 Å². The number of aliphatic hydroxyl groups is 1. The summed E-state index contributed by atoms with van der Waals surface area (Å²) in [5, 5.41) is 26.1. The van der Waals surface area contributed by atoms with Crippen LogP contribution < -0.4 is 15.4 Å². The summed E-state index contributed by atoms with van der Waals surface area (Å²) in [7, 11) is 0. The van der Waals surface area contributed by atoms with Crippen LogP contribution in [-0.4, -0.2) is 42.4 Å². The number of nitro groups is 1. The molecule has 0 fully saturated rings. The zero-order chi connectivity index (χ0) is 15.0. The Labute approximate surface area is 118 Å². The summed E-state index contributed by atoms with van der Waals surface area (Å²) in [6.07, 6.45) is -0.391. The van der Waals surface area contributed by atoms with E-state index in [0.717, 1.165) is 0 Å². The van der Waals surface area contributed by atoms with Gasteiger partial charge in [-0.3, -0.25) is 10.1 Å². The number of nitrogens with one attached hydrogen (secondary N) is 2. The molecule has 0 heterocycles. The molecule has 7 heteroatoms. The Bertz CT molecular complexity index is 438. The summed E-state index contributed by atoms with van der Waals surface area (Å²) in [6, 6.07) is 4.60. The van der Waals surface area contributed by atoms with Crippen molar-refractivity contribution in [2.24, 2.45) is 0 Å². The molecular weight excluding hydrogens is 262 g/mol. The SMILES string of the molecule is CCOc1cc(NCCNCC(C)O)cc([N+](=O)[O-])c1. The minimum Gasteiger partial charge on any atom is -0.494 e. The summed E-state index contributed by atoms with van der Waals surface area (Å²) in [5.41, 5.74) is 0.636. The Morgan fingerprint density at radius 1 is 1.40 bits per heavy atom. The monoisotopic (exact) mass is 283 g/mol. The molecule has 0 aromatic heterocycles. The molecule has 1 atom stereocenters. The van der Waals surface area contributed by atoms with Crippen LogP contribution in [0.5, 0.6) is 5.75 Å². The maximum Gasteiger partial charge on any atom is 0.275 e. The van der Waals surface area contributed by atoms with Crippen LogP contribution in [0.3, 0.4) is 0 Å². The lowest BCUT2D eigenvalue weighted by atomic mass is 10.2. The maximum absolute atomic E-state index is 10.8. The van der Waals surface area contributed by atoms with Gasteiger partial charge in [0.2, 0.25) is 0 Å². The van der Waals surface area contributed by atoms with Crippen molar-refractivity contribution in [3.8, 4) is 5.75 Å². The molecule has 0 aliphatic rings. The number of anilines is 1. The zero-order valence-electron chi connectivity index (χ0n) is 11.8. The van der Waals surface area contributed by atoms with Crippen LogP contribution in [0, 0.1) is 10.1 Å². The molecule has 0 saturated heterocycles. The van der Waals surface area contributed by atoms with Gasteiger partial charge in [-0.2, -0.15) is 0 Å². The van der Waals surface area contributed by atoms with Crippen molar-refractivity contribution in [1.82, 2.24) is 5.32 Å². The van der Waals surface area contributed by atoms with E-state index in [4.69, 9.17) is 9.84 Å². The number of hydrogen-bond donors (Lipinski definition) is 3. The molecular formula is C13H21N3O4. The normalized spacial score (nSPS) is 11.9. The molecule has 1 aromatic rings. The minimum absolute atomic E-state index is 0.00427. The van der Waals surface area contributed by atoms with Crippen molar-refractivity contribution >= 4 is 11.4 Å². The molecule has 1 unspecified atom stereocenters. The minimum atomic E-state index is -0.445. The van der Waals surface area contributed by atoms with E-state index >= 15 is 0 Å². The third-order valence-corrected chi connectivity index (χ3v) is 2.48. The summed E-state index contributed by atoms with van der Waals surface area (Å²) in [5.74, 6) is 0.473. The predicted molar refractivity (Wildman–Crippen MR) is 77.3 cm³/mol. The highest BCUT2D eigenvalue weighted by molar-refractivity contribution is 5.56. The van der Waals surface area contributed by atoms with Gasteiger partial charge in [0, 0.05) is 37.5 Å². The standard InChI is InChI=1S/C13H21N3O4/c1-3-20-13-7-11(6-12(8-13)16(18)19)15-5-4-14-9-10(2)17/h6-8,10,14-15,17H,3-5,9H2,1-2H3. The van der Waals surface area contributed by atoms with E-state index in [-0.39, 0.29) is 5.69 Å². The van der Waals surface area contributed by atoms with Crippen LogP contribution in [-0.2, 0) is 0 Å². The van der Waals surface area contributed by atoms with E-state index in [1.165, 1.54) is 12.1 Å². The molecule has 20 heavy (non-hydrogen) atoms. The second-order valence-corrected chi connectivity index (χ2v) is 4.39. The number of aliphatic hydroxyl groups excluding tert-OH is 1. The van der Waals surface area contributed by atoms with Crippen LogP contribution in [0.4, 0.5) is 11.4 Å². The van der Waals surface area contributed by atoms with Crippen molar-refractivity contribution in [2.75, 3.05) is 31.6 Å². The maximum atomic E-state index is 10.8. The van der Waals surface area contributed by atoms with E-state index in [0.29, 0.717) is 37.7 Å². The summed E-state index contributed by atoms with van der Waals surface area (Å²) in [6.45, 7) is 5.75. The molecule has 0 aliphatic carbocycles. The molecule has 1 aromatic carbocycles. The highest BCUT2D eigenvalue weighted by atomic mass is 16.6. The van der Waals surface area contributed by atoms with Gasteiger partial charge in [-0.05, 0) is 13.8 Å². The number of benzene rings is 1. The Balaban J connectivity index is 2.57. The van der Waals surface area contributed by atoms with Gasteiger partial charge in [-0.1, -0.05) is 0 Å². The molecule has 7 nitrogen and oxygen atoms in total. The second kappa shape index (κ2) is 8.34. The fraction of sp³-hybridized carbons (Fsp3) is 0.538. The smallest absolute Gasteiger partial charge is 0.275 e. The van der Waals surface area contributed by atoms with Gasteiger partial charge in [-0.25, -0.2) is 0 Å². The number of ether oxygens (including phenoxy) is 1. The highest BCUT2D eigenvalue weighted by Crippen LogP contribution is 2.25. The molecule has 112 valence electrons. The van der Waals surface area contributed by atoms with E-state index < -0.39 is 11.0 Å². The van der Waals surface area contributed by atoms with E-state index in [1.54, 1.807) is 13.0 Å². The first-order chi connectivity index (χ1) is 9.52. The van der Waals surface area contributed by atoms with Crippen LogP contribution in [0.1, 0.15) is 13.8 Å². The number of hydrogen-bond acceptors (Lipinski definition) is 6. The van der Waals surface area contributed by atoms with Crippen LogP contribution >= 0.6 is 0 Å². The van der Waals surface area contributed by atoms with Crippen molar-refractivity contribution in [2.45, 2.75) is 20.0 Å². The molecule has 0 spiro atoms. The van der Waals surface area contributed by atoms with E-state index in [1.807, 2.05) is 6.92 Å². The van der Waals surface area contributed by atoms with Gasteiger partial charge < -0.3 is 20.5 Å². The quantitative estimate of drug-likeness (QED) is 0.360. The van der Waals surface area contributed by atoms with Gasteiger partial charge in [0.25, 0.3) is 5.69 Å². The van der Waals surface area contributed by atoms with Gasteiger partial charge >= 0.3 is 0 Å². The van der Waals surface area contributed by atoms with E-state index in [2.05, 4.69) is 10.6 Å². The Kier molecular flexibility index (Phi) is 6.75. The third kappa shape index (κ3) is 5.85. The summed E-state index contributed by atoms with van der Waals surface area (Å²) >= 11 is 0. The largest absolute Gasteiger partial charge is 0.494 e. The lowest BCUT2D eigenvalue weighted by Crippen LogP contribution is -2.28. The highest BCUT2D eigenvalue weighted by Gasteiger charge is 2.10. The lowest BCUT2D eigenvalue weighted by Gasteiger charge is -2.10. The van der Waals surface area contributed by atoms with Crippen LogP contribution in [0.15, 0.2) is 18.2 Å². The second-order valence-electron chi connectivity index (χ2n) is 4.39. The average molecular weight is 283 g/mol. The van der Waals surface area contributed by atoms with Crippen LogP contribution in [0.25, 0.3) is 0 Å². The van der Waals surface area contributed by atoms with Gasteiger partial charge in [0.05, 0.1) is 23.7 Å². The average Bonchev–Trinajstić information content (AvgIpc) is 2.38. The Hall–Kier alpha value is -1.86. The number of nitro benzene ring substituents is 1. The molecule has 0 aliphatic heterocycles. The van der Waals surface area contributed by atoms with Crippen molar-refractivity contribution in [3.63, 3.8) is 0 Å². The van der Waals surface area contributed by atoms with Crippen molar-refractivity contribution < 1.29 is 14.8 Å². The zero-order valence-corrected chi connectivity index (χ0v) is 11.8. The number of rotatable bonds is 9. The number of nitrogens with zero attached hydrogens (tertiary/aromatic N) is 1.